The second-order valence-corrected chi connectivity index (χ2v) is 6.25. The monoisotopic (exact) mass is 310 g/mol. The summed E-state index contributed by atoms with van der Waals surface area (Å²) < 4.78 is 0. The molecule has 0 saturated carbocycles. The molecule has 1 amide bonds. The lowest BCUT2D eigenvalue weighted by Crippen LogP contribution is -2.48. The largest absolute Gasteiger partial charge is 0.339 e. The number of likely N-dealkylation sites (tertiary alicyclic amines) is 1. The van der Waals surface area contributed by atoms with Crippen LogP contribution in [0.25, 0.3) is 0 Å². The molecule has 1 aliphatic heterocycles. The number of benzene rings is 1. The van der Waals surface area contributed by atoms with Crippen molar-refractivity contribution in [3.05, 3.63) is 35.9 Å². The van der Waals surface area contributed by atoms with Gasteiger partial charge in [0.15, 0.2) is 0 Å². The second kappa shape index (κ2) is 7.81. The number of halogens is 1. The van der Waals surface area contributed by atoms with Gasteiger partial charge in [-0.25, -0.2) is 0 Å². The maximum Gasteiger partial charge on any atom is 0.227 e. The van der Waals surface area contributed by atoms with Gasteiger partial charge in [-0.2, -0.15) is 0 Å². The molecule has 1 aliphatic rings. The van der Waals surface area contributed by atoms with Crippen LogP contribution < -0.4 is 5.73 Å². The van der Waals surface area contributed by atoms with Crippen LogP contribution in [-0.2, 0) is 4.79 Å². The van der Waals surface area contributed by atoms with E-state index in [1.807, 2.05) is 42.2 Å². The fourth-order valence-electron chi connectivity index (χ4n) is 2.97. The van der Waals surface area contributed by atoms with Crippen LogP contribution in [0.2, 0.25) is 0 Å². The zero-order valence-electron chi connectivity index (χ0n) is 13.2. The van der Waals surface area contributed by atoms with Gasteiger partial charge >= 0.3 is 0 Å². The van der Waals surface area contributed by atoms with E-state index in [1.165, 1.54) is 6.42 Å². The van der Waals surface area contributed by atoms with Gasteiger partial charge in [-0.3, -0.25) is 4.79 Å². The fraction of sp³-hybridized carbons (Fsp3) is 0.588. The summed E-state index contributed by atoms with van der Waals surface area (Å²) in [6.45, 7) is 7.18. The van der Waals surface area contributed by atoms with Gasteiger partial charge in [-0.05, 0) is 31.2 Å². The van der Waals surface area contributed by atoms with E-state index in [-0.39, 0.29) is 30.3 Å². The molecule has 1 heterocycles. The fourth-order valence-corrected chi connectivity index (χ4v) is 2.97. The van der Waals surface area contributed by atoms with Crippen molar-refractivity contribution in [3.63, 3.8) is 0 Å². The van der Waals surface area contributed by atoms with Gasteiger partial charge in [0.1, 0.15) is 0 Å². The van der Waals surface area contributed by atoms with Crippen molar-refractivity contribution in [1.82, 2.24) is 4.90 Å². The van der Waals surface area contributed by atoms with E-state index in [1.54, 1.807) is 0 Å². The molecule has 2 N–H and O–H groups in total. The third-order valence-electron chi connectivity index (χ3n) is 4.51. The number of hydrogen-bond donors (Lipinski definition) is 1. The van der Waals surface area contributed by atoms with Gasteiger partial charge in [-0.15, -0.1) is 12.4 Å². The van der Waals surface area contributed by atoms with E-state index in [0.29, 0.717) is 12.0 Å². The zero-order chi connectivity index (χ0) is 14.7. The molecule has 1 aromatic carbocycles. The van der Waals surface area contributed by atoms with Gasteiger partial charge in [0.05, 0.1) is 5.92 Å². The molecule has 3 nitrogen and oxygen atoms in total. The molecule has 4 heteroatoms. The Balaban J connectivity index is 0.00000220. The second-order valence-electron chi connectivity index (χ2n) is 6.25. The maximum absolute atomic E-state index is 12.7. The molecule has 0 spiro atoms. The molecular weight excluding hydrogens is 284 g/mol. The van der Waals surface area contributed by atoms with Gasteiger partial charge in [0, 0.05) is 18.6 Å². The highest BCUT2D eigenvalue weighted by Gasteiger charge is 2.32. The maximum atomic E-state index is 12.7. The van der Waals surface area contributed by atoms with Crippen molar-refractivity contribution in [1.29, 1.82) is 0 Å². The predicted octanol–water partition coefficient (Wildman–Crippen LogP) is 3.39. The Morgan fingerprint density at radius 1 is 1.24 bits per heavy atom. The Hall–Kier alpha value is -1.06. The van der Waals surface area contributed by atoms with Crippen LogP contribution in [0.1, 0.15) is 45.2 Å². The quantitative estimate of drug-likeness (QED) is 0.930. The average molecular weight is 311 g/mol. The molecular formula is C17H27ClN2O. The number of carbonyl (C=O) groups excluding carboxylic acids is 1. The number of rotatable bonds is 3. The van der Waals surface area contributed by atoms with Crippen molar-refractivity contribution in [2.75, 3.05) is 6.54 Å². The van der Waals surface area contributed by atoms with Crippen molar-refractivity contribution in [2.45, 2.75) is 45.7 Å². The van der Waals surface area contributed by atoms with Crippen LogP contribution in [0.4, 0.5) is 0 Å². The third-order valence-corrected chi connectivity index (χ3v) is 4.51. The molecule has 1 aromatic rings. The Labute approximate surface area is 134 Å². The lowest BCUT2D eigenvalue weighted by Gasteiger charge is -2.39. The van der Waals surface area contributed by atoms with Crippen LogP contribution in [0.3, 0.4) is 0 Å². The third kappa shape index (κ3) is 4.21. The Kier molecular flexibility index (Phi) is 6.69. The van der Waals surface area contributed by atoms with Crippen molar-refractivity contribution in [3.8, 4) is 0 Å². The van der Waals surface area contributed by atoms with E-state index in [4.69, 9.17) is 5.73 Å². The van der Waals surface area contributed by atoms with Crippen molar-refractivity contribution >= 4 is 18.3 Å². The summed E-state index contributed by atoms with van der Waals surface area (Å²) in [7, 11) is 0. The standard InChI is InChI=1S/C17H26N2O.ClH/c1-12-9-10-13(2)19(11-12)17(20)14(3)16(18)15-7-5-4-6-8-15;/h4-8,12-14,16H,9-11,18H2,1-3H3;1H. The summed E-state index contributed by atoms with van der Waals surface area (Å²) in [5.74, 6) is 0.612. The molecule has 1 fully saturated rings. The van der Waals surface area contributed by atoms with E-state index in [2.05, 4.69) is 13.8 Å². The summed E-state index contributed by atoms with van der Waals surface area (Å²) in [6.07, 6.45) is 2.31. The highest BCUT2D eigenvalue weighted by molar-refractivity contribution is 5.85. The van der Waals surface area contributed by atoms with Crippen LogP contribution in [0.15, 0.2) is 30.3 Å². The number of hydrogen-bond acceptors (Lipinski definition) is 2. The van der Waals surface area contributed by atoms with Gasteiger partial charge < -0.3 is 10.6 Å². The topological polar surface area (TPSA) is 46.3 Å². The van der Waals surface area contributed by atoms with Crippen molar-refractivity contribution in [2.24, 2.45) is 17.6 Å². The molecule has 0 aromatic heterocycles. The molecule has 0 aliphatic carbocycles. The average Bonchev–Trinajstić information content (AvgIpc) is 2.48. The summed E-state index contributed by atoms with van der Waals surface area (Å²) in [6, 6.07) is 10.0. The van der Waals surface area contributed by atoms with E-state index in [9.17, 15) is 4.79 Å². The number of nitrogens with zero attached hydrogens (tertiary/aromatic N) is 1. The van der Waals surface area contributed by atoms with Gasteiger partial charge in [0.2, 0.25) is 5.91 Å². The number of amides is 1. The van der Waals surface area contributed by atoms with Gasteiger partial charge in [-0.1, -0.05) is 44.2 Å². The van der Waals surface area contributed by atoms with Crippen LogP contribution in [-0.4, -0.2) is 23.4 Å². The number of carbonyl (C=O) groups is 1. The van der Waals surface area contributed by atoms with E-state index < -0.39 is 0 Å². The summed E-state index contributed by atoms with van der Waals surface area (Å²) >= 11 is 0. The van der Waals surface area contributed by atoms with Crippen LogP contribution in [0, 0.1) is 11.8 Å². The highest BCUT2D eigenvalue weighted by atomic mass is 35.5. The molecule has 1 saturated heterocycles. The minimum absolute atomic E-state index is 0. The van der Waals surface area contributed by atoms with E-state index >= 15 is 0 Å². The molecule has 4 atom stereocenters. The summed E-state index contributed by atoms with van der Waals surface area (Å²) in [5.41, 5.74) is 7.31. The Morgan fingerprint density at radius 2 is 1.86 bits per heavy atom. The predicted molar refractivity (Wildman–Crippen MR) is 89.4 cm³/mol. The number of nitrogens with two attached hydrogens (primary N) is 1. The zero-order valence-corrected chi connectivity index (χ0v) is 14.0. The summed E-state index contributed by atoms with van der Waals surface area (Å²) in [5, 5.41) is 0. The number of piperidine rings is 1. The summed E-state index contributed by atoms with van der Waals surface area (Å²) in [4.78, 5) is 14.7. The Morgan fingerprint density at radius 3 is 2.48 bits per heavy atom. The first-order valence-electron chi connectivity index (χ1n) is 7.61. The molecule has 21 heavy (non-hydrogen) atoms. The van der Waals surface area contributed by atoms with Crippen LogP contribution >= 0.6 is 12.4 Å². The van der Waals surface area contributed by atoms with Crippen LogP contribution in [0.5, 0.6) is 0 Å². The highest BCUT2D eigenvalue weighted by Crippen LogP contribution is 2.27. The molecule has 4 unspecified atom stereocenters. The smallest absolute Gasteiger partial charge is 0.227 e. The Bertz CT molecular complexity index is 451. The van der Waals surface area contributed by atoms with Crippen molar-refractivity contribution < 1.29 is 4.79 Å². The first-order valence-corrected chi connectivity index (χ1v) is 7.61. The van der Waals surface area contributed by atoms with E-state index in [0.717, 1.165) is 18.5 Å². The minimum atomic E-state index is -0.229. The first-order chi connectivity index (χ1) is 9.50. The molecule has 2 rings (SSSR count). The first kappa shape index (κ1) is 18.0. The lowest BCUT2D eigenvalue weighted by molar-refractivity contribution is -0.140. The molecule has 118 valence electrons. The minimum Gasteiger partial charge on any atom is -0.339 e. The van der Waals surface area contributed by atoms with Gasteiger partial charge in [0.25, 0.3) is 0 Å². The lowest BCUT2D eigenvalue weighted by atomic mass is 9.90. The normalized spacial score (nSPS) is 24.9. The molecule has 0 bridgehead atoms. The SMILES string of the molecule is CC1CCC(C)N(C(=O)C(C)C(N)c2ccccc2)C1.Cl. The molecule has 0 radical (unpaired) electrons.